The van der Waals surface area contributed by atoms with Crippen LogP contribution in [0.3, 0.4) is 0 Å². The van der Waals surface area contributed by atoms with E-state index in [1.807, 2.05) is 0 Å². The summed E-state index contributed by atoms with van der Waals surface area (Å²) >= 11 is 0. The van der Waals surface area contributed by atoms with Crippen molar-refractivity contribution in [2.75, 3.05) is 0 Å². The largest absolute Gasteiger partial charge is 0.462 e. The number of hydrogen-bond acceptors (Lipinski definition) is 3. The third kappa shape index (κ3) is 4.49. The lowest BCUT2D eigenvalue weighted by molar-refractivity contribution is -0.164. The highest BCUT2D eigenvalue weighted by molar-refractivity contribution is 5.79. The number of rotatable bonds is 8. The van der Waals surface area contributed by atoms with E-state index in [0.29, 0.717) is 29.5 Å². The Bertz CT molecular complexity index is 657. The van der Waals surface area contributed by atoms with Gasteiger partial charge in [0, 0.05) is 24.7 Å². The number of ether oxygens (including phenoxy) is 1. The molecule has 0 radical (unpaired) electrons. The Labute approximate surface area is 190 Å². The molecule has 0 aromatic carbocycles. The summed E-state index contributed by atoms with van der Waals surface area (Å²) in [6.45, 7) is 7.18. The molecule has 3 heteroatoms. The van der Waals surface area contributed by atoms with E-state index in [-0.39, 0.29) is 17.5 Å². The average molecular weight is 431 g/mol. The minimum Gasteiger partial charge on any atom is -0.462 e. The number of Topliss-reactive ketones (excluding diaryl/α,β-unsaturated/α-hetero) is 1. The molecule has 4 aliphatic carbocycles. The summed E-state index contributed by atoms with van der Waals surface area (Å²) < 4.78 is 6.15. The van der Waals surface area contributed by atoms with Gasteiger partial charge in [0.15, 0.2) is 0 Å². The first-order valence-corrected chi connectivity index (χ1v) is 13.6. The minimum absolute atomic E-state index is 0.0472. The molecule has 0 aromatic heterocycles. The second-order valence-electron chi connectivity index (χ2n) is 12.0. The first-order chi connectivity index (χ1) is 14.9. The van der Waals surface area contributed by atoms with E-state index in [1.165, 1.54) is 57.8 Å². The number of ketones is 1. The Balaban J connectivity index is 1.33. The van der Waals surface area contributed by atoms with Crippen molar-refractivity contribution >= 4 is 11.8 Å². The predicted molar refractivity (Wildman–Crippen MR) is 125 cm³/mol. The average Bonchev–Trinajstić information content (AvgIpc) is 3.07. The van der Waals surface area contributed by atoms with Crippen LogP contribution < -0.4 is 0 Å². The molecule has 0 amide bonds. The van der Waals surface area contributed by atoms with Crippen molar-refractivity contribution in [3.05, 3.63) is 0 Å². The summed E-state index contributed by atoms with van der Waals surface area (Å²) in [6, 6.07) is 0. The zero-order valence-electron chi connectivity index (χ0n) is 20.4. The predicted octanol–water partition coefficient (Wildman–Crippen LogP) is 7.26. The quantitative estimate of drug-likeness (QED) is 0.300. The molecule has 0 saturated heterocycles. The van der Waals surface area contributed by atoms with Crippen molar-refractivity contribution < 1.29 is 14.3 Å². The lowest BCUT2D eigenvalue weighted by Crippen LogP contribution is -2.54. The summed E-state index contributed by atoms with van der Waals surface area (Å²) in [6.07, 6.45) is 18.0. The van der Waals surface area contributed by atoms with Gasteiger partial charge in [-0.05, 0) is 80.5 Å². The molecule has 0 aliphatic heterocycles. The van der Waals surface area contributed by atoms with E-state index < -0.39 is 0 Å². The number of fused-ring (bicyclic) bond motifs is 5. The molecular formula is C28H46O3. The van der Waals surface area contributed by atoms with Gasteiger partial charge in [-0.15, -0.1) is 0 Å². The molecule has 31 heavy (non-hydrogen) atoms. The third-order valence-corrected chi connectivity index (χ3v) is 10.4. The maximum absolute atomic E-state index is 12.6. The van der Waals surface area contributed by atoms with Crippen LogP contribution in [0.2, 0.25) is 0 Å². The molecule has 4 aliphatic rings. The first-order valence-electron chi connectivity index (χ1n) is 13.6. The number of carbonyl (C=O) groups excluding carboxylic acids is 2. The zero-order valence-corrected chi connectivity index (χ0v) is 20.4. The normalized spacial score (nSPS) is 41.9. The van der Waals surface area contributed by atoms with Crippen LogP contribution in [0.4, 0.5) is 0 Å². The van der Waals surface area contributed by atoms with Gasteiger partial charge in [0.25, 0.3) is 0 Å². The van der Waals surface area contributed by atoms with Gasteiger partial charge in [0.2, 0.25) is 0 Å². The fourth-order valence-corrected chi connectivity index (χ4v) is 8.46. The Hall–Kier alpha value is -0.860. The van der Waals surface area contributed by atoms with E-state index in [1.54, 1.807) is 0 Å². The molecule has 3 nitrogen and oxygen atoms in total. The number of unbranched alkanes of at least 4 members (excludes halogenated alkanes) is 5. The summed E-state index contributed by atoms with van der Waals surface area (Å²) in [7, 11) is 0. The number of hydrogen-bond donors (Lipinski definition) is 0. The highest BCUT2D eigenvalue weighted by Gasteiger charge is 2.61. The van der Waals surface area contributed by atoms with Crippen molar-refractivity contribution in [1.29, 1.82) is 0 Å². The minimum atomic E-state index is 0.0472. The lowest BCUT2D eigenvalue weighted by Gasteiger charge is -2.60. The van der Waals surface area contributed by atoms with Crippen molar-refractivity contribution in [1.82, 2.24) is 0 Å². The van der Waals surface area contributed by atoms with Crippen LogP contribution in [0.5, 0.6) is 0 Å². The number of carbonyl (C=O) groups is 2. The molecule has 0 aromatic rings. The van der Waals surface area contributed by atoms with E-state index >= 15 is 0 Å². The summed E-state index contributed by atoms with van der Waals surface area (Å²) in [5, 5.41) is 0. The monoisotopic (exact) mass is 430 g/mol. The lowest BCUT2D eigenvalue weighted by atomic mass is 9.45. The van der Waals surface area contributed by atoms with Crippen LogP contribution in [0.25, 0.3) is 0 Å². The maximum atomic E-state index is 12.6. The van der Waals surface area contributed by atoms with Gasteiger partial charge in [-0.25, -0.2) is 0 Å². The van der Waals surface area contributed by atoms with Gasteiger partial charge in [-0.2, -0.15) is 0 Å². The van der Waals surface area contributed by atoms with Crippen molar-refractivity contribution in [2.24, 2.45) is 34.5 Å². The van der Waals surface area contributed by atoms with Crippen LogP contribution in [-0.2, 0) is 14.3 Å². The van der Waals surface area contributed by atoms with Crippen LogP contribution in [-0.4, -0.2) is 17.9 Å². The van der Waals surface area contributed by atoms with E-state index in [4.69, 9.17) is 4.74 Å². The second-order valence-corrected chi connectivity index (χ2v) is 12.0. The van der Waals surface area contributed by atoms with E-state index in [2.05, 4.69) is 20.8 Å². The Morgan fingerprint density at radius 1 is 0.903 bits per heavy atom. The molecule has 4 rings (SSSR count). The number of esters is 1. The molecular weight excluding hydrogens is 384 g/mol. The van der Waals surface area contributed by atoms with Crippen molar-refractivity contribution in [3.8, 4) is 0 Å². The molecule has 1 unspecified atom stereocenters. The van der Waals surface area contributed by atoms with Gasteiger partial charge in [-0.3, -0.25) is 9.59 Å². The van der Waals surface area contributed by atoms with Gasteiger partial charge in [0.05, 0.1) is 0 Å². The van der Waals surface area contributed by atoms with Crippen LogP contribution in [0.15, 0.2) is 0 Å². The fourth-order valence-electron chi connectivity index (χ4n) is 8.46. The Kier molecular flexibility index (Phi) is 7.18. The van der Waals surface area contributed by atoms with Crippen LogP contribution >= 0.6 is 0 Å². The van der Waals surface area contributed by atoms with Gasteiger partial charge >= 0.3 is 5.97 Å². The molecule has 0 spiro atoms. The van der Waals surface area contributed by atoms with Crippen molar-refractivity contribution in [3.63, 3.8) is 0 Å². The summed E-state index contributed by atoms with van der Waals surface area (Å²) in [5.74, 6) is 3.41. The second kappa shape index (κ2) is 9.56. The molecule has 0 bridgehead atoms. The SMILES string of the molecule is CCCCCCCCC(=O)O[C@H]1CC[C@H]2[C@@H]3CCC4CC(=O)CC[C@]4(C)[C@H]3CC[C@]12C. The molecule has 4 saturated carbocycles. The molecule has 176 valence electrons. The standard InChI is InChI=1S/C28H46O3/c1-4-5-6-7-8-9-10-26(30)31-25-14-13-23-22-12-11-20-19-21(29)15-17-27(20,2)24(22)16-18-28(23,25)3/h20,22-25H,4-19H2,1-3H3/t20?,22-,23-,24-,25-,27-,28-/m0/s1. The molecule has 0 heterocycles. The van der Waals surface area contributed by atoms with Gasteiger partial charge < -0.3 is 4.74 Å². The molecule has 0 N–H and O–H groups in total. The fraction of sp³-hybridized carbons (Fsp3) is 0.929. The Morgan fingerprint density at radius 2 is 1.65 bits per heavy atom. The first kappa shape index (κ1) is 23.3. The zero-order chi connectivity index (χ0) is 22.1. The van der Waals surface area contributed by atoms with Gasteiger partial charge in [0.1, 0.15) is 11.9 Å². The Morgan fingerprint density at radius 3 is 2.45 bits per heavy atom. The molecule has 7 atom stereocenters. The topological polar surface area (TPSA) is 43.4 Å². The summed E-state index contributed by atoms with van der Waals surface area (Å²) in [5.41, 5.74) is 0.538. The smallest absolute Gasteiger partial charge is 0.306 e. The summed E-state index contributed by atoms with van der Waals surface area (Å²) in [4.78, 5) is 24.7. The van der Waals surface area contributed by atoms with Crippen LogP contribution in [0, 0.1) is 34.5 Å². The molecule has 4 fully saturated rings. The van der Waals surface area contributed by atoms with Gasteiger partial charge in [-0.1, -0.05) is 52.9 Å². The van der Waals surface area contributed by atoms with E-state index in [0.717, 1.165) is 50.4 Å². The maximum Gasteiger partial charge on any atom is 0.306 e. The van der Waals surface area contributed by atoms with E-state index in [9.17, 15) is 9.59 Å². The third-order valence-electron chi connectivity index (χ3n) is 10.4. The van der Waals surface area contributed by atoms with Crippen molar-refractivity contribution in [2.45, 2.75) is 130 Å². The highest BCUT2D eigenvalue weighted by Crippen LogP contribution is 2.66. The van der Waals surface area contributed by atoms with Crippen LogP contribution in [0.1, 0.15) is 124 Å². The highest BCUT2D eigenvalue weighted by atomic mass is 16.5.